The normalized spacial score (nSPS) is 22.9. The average molecular weight is 309 g/mol. The highest BCUT2D eigenvalue weighted by atomic mass is 16.5. The Morgan fingerprint density at radius 3 is 2.74 bits per heavy atom. The molecule has 0 amide bonds. The Balaban J connectivity index is 1.88. The molecule has 1 N–H and O–H groups in total. The number of benzene rings is 2. The number of phenolic OH excluding ortho intramolecular Hbond substituents is 1. The number of hydrogen-bond acceptors (Lipinski definition) is 3. The molecular weight excluding hydrogens is 286 g/mol. The number of rotatable bonds is 2. The lowest BCUT2D eigenvalue weighted by atomic mass is 9.71. The van der Waals surface area contributed by atoms with E-state index in [-0.39, 0.29) is 0 Å². The highest BCUT2D eigenvalue weighted by molar-refractivity contribution is 5.50. The van der Waals surface area contributed by atoms with Gasteiger partial charge in [-0.2, -0.15) is 0 Å². The largest absolute Gasteiger partial charge is 0.508 e. The predicted molar refractivity (Wildman–Crippen MR) is 91.1 cm³/mol. The van der Waals surface area contributed by atoms with E-state index in [0.717, 1.165) is 25.1 Å². The number of aromatic hydroxyl groups is 1. The second-order valence-electron chi connectivity index (χ2n) is 6.68. The molecule has 0 saturated carbocycles. The quantitative estimate of drug-likeness (QED) is 0.918. The van der Waals surface area contributed by atoms with Crippen LogP contribution in [0.4, 0.5) is 0 Å². The predicted octanol–water partition coefficient (Wildman–Crippen LogP) is 3.68. The molecular formula is C20H23NO2. The van der Waals surface area contributed by atoms with Gasteiger partial charge < -0.3 is 9.84 Å². The molecule has 0 bridgehead atoms. The van der Waals surface area contributed by atoms with Crippen LogP contribution < -0.4 is 4.74 Å². The van der Waals surface area contributed by atoms with E-state index in [9.17, 15) is 5.11 Å². The molecule has 2 aromatic carbocycles. The monoisotopic (exact) mass is 309 g/mol. The van der Waals surface area contributed by atoms with E-state index in [4.69, 9.17) is 4.74 Å². The van der Waals surface area contributed by atoms with Gasteiger partial charge in [-0.3, -0.25) is 4.90 Å². The van der Waals surface area contributed by atoms with Gasteiger partial charge in [0.15, 0.2) is 0 Å². The number of phenols is 1. The molecule has 3 nitrogen and oxygen atoms in total. The van der Waals surface area contributed by atoms with Crippen molar-refractivity contribution in [2.45, 2.75) is 38.3 Å². The minimum atomic E-state index is 0.319. The lowest BCUT2D eigenvalue weighted by Gasteiger charge is -2.44. The van der Waals surface area contributed by atoms with Gasteiger partial charge >= 0.3 is 0 Å². The summed E-state index contributed by atoms with van der Waals surface area (Å²) in [6.07, 6.45) is 2.25. The molecule has 0 saturated heterocycles. The summed E-state index contributed by atoms with van der Waals surface area (Å²) in [4.78, 5) is 2.46. The first-order valence-electron chi connectivity index (χ1n) is 8.45. The van der Waals surface area contributed by atoms with Crippen molar-refractivity contribution in [3.63, 3.8) is 0 Å². The van der Waals surface area contributed by atoms with Crippen molar-refractivity contribution >= 4 is 0 Å². The number of hydrogen-bond donors (Lipinski definition) is 1. The Labute approximate surface area is 137 Å². The molecule has 1 heterocycles. The minimum absolute atomic E-state index is 0.319. The van der Waals surface area contributed by atoms with Crippen molar-refractivity contribution in [1.29, 1.82) is 0 Å². The number of aryl methyl sites for hydroxylation is 1. The molecule has 1 aliphatic heterocycles. The third-order valence-electron chi connectivity index (χ3n) is 5.31. The average Bonchev–Trinajstić information content (AvgIpc) is 2.55. The van der Waals surface area contributed by atoms with Crippen LogP contribution in [0.2, 0.25) is 0 Å². The van der Waals surface area contributed by atoms with E-state index in [1.165, 1.54) is 22.3 Å². The second kappa shape index (κ2) is 5.57. The fourth-order valence-corrected chi connectivity index (χ4v) is 4.28. The summed E-state index contributed by atoms with van der Waals surface area (Å²) in [6, 6.07) is 12.8. The van der Waals surface area contributed by atoms with Crippen molar-refractivity contribution in [1.82, 2.24) is 4.90 Å². The first-order valence-corrected chi connectivity index (χ1v) is 8.45. The van der Waals surface area contributed by atoms with Crippen LogP contribution in [0.1, 0.15) is 41.5 Å². The fraction of sp³-hybridized carbons (Fsp3) is 0.400. The Kier molecular flexibility index (Phi) is 3.53. The van der Waals surface area contributed by atoms with Gasteiger partial charge in [-0.15, -0.1) is 0 Å². The van der Waals surface area contributed by atoms with Gasteiger partial charge in [-0.1, -0.05) is 12.1 Å². The molecule has 2 atom stereocenters. The molecule has 0 fully saturated rings. The van der Waals surface area contributed by atoms with Gasteiger partial charge in [0, 0.05) is 18.5 Å². The van der Waals surface area contributed by atoms with Crippen LogP contribution in [0.25, 0.3) is 0 Å². The smallest absolute Gasteiger partial charge is 0.119 e. The third kappa shape index (κ3) is 2.40. The van der Waals surface area contributed by atoms with Gasteiger partial charge in [0.2, 0.25) is 0 Å². The van der Waals surface area contributed by atoms with Crippen LogP contribution in [0, 0.1) is 0 Å². The maximum Gasteiger partial charge on any atom is 0.119 e. The lowest BCUT2D eigenvalue weighted by Crippen LogP contribution is -2.43. The molecule has 3 heteroatoms. The summed E-state index contributed by atoms with van der Waals surface area (Å²) < 4.78 is 5.73. The van der Waals surface area contributed by atoms with Crippen molar-refractivity contribution in [2.75, 3.05) is 13.7 Å². The molecule has 2 aromatic rings. The molecule has 120 valence electrons. The van der Waals surface area contributed by atoms with Crippen LogP contribution >= 0.6 is 0 Å². The van der Waals surface area contributed by atoms with Crippen LogP contribution in [0.3, 0.4) is 0 Å². The maximum atomic E-state index is 9.99. The van der Waals surface area contributed by atoms with E-state index in [1.807, 2.05) is 19.1 Å². The Morgan fingerprint density at radius 2 is 1.91 bits per heavy atom. The van der Waals surface area contributed by atoms with E-state index < -0.39 is 0 Å². The summed E-state index contributed by atoms with van der Waals surface area (Å²) >= 11 is 0. The first-order chi connectivity index (χ1) is 11.2. The second-order valence-corrected chi connectivity index (χ2v) is 6.68. The van der Waals surface area contributed by atoms with Crippen molar-refractivity contribution in [3.8, 4) is 11.5 Å². The molecule has 4 rings (SSSR count). The Hall–Kier alpha value is -2.00. The number of fused-ring (bicyclic) bond motifs is 5. The zero-order valence-electron chi connectivity index (χ0n) is 13.7. The van der Waals surface area contributed by atoms with E-state index in [2.05, 4.69) is 36.2 Å². The molecule has 23 heavy (non-hydrogen) atoms. The standard InChI is InChI=1S/C20H23NO2/c1-3-23-16-8-5-14-12-21(2)19-9-6-13-4-7-15(22)10-17(13)20(19)18(14)11-16/h4-5,7-8,10-11,19-20,22H,3,6,9,12H2,1-2H3/t19-,20+/m1/s1. The third-order valence-corrected chi connectivity index (χ3v) is 5.31. The van der Waals surface area contributed by atoms with Crippen LogP contribution in [0.15, 0.2) is 36.4 Å². The molecule has 2 aliphatic rings. The van der Waals surface area contributed by atoms with Gasteiger partial charge in [0.25, 0.3) is 0 Å². The van der Waals surface area contributed by atoms with Crippen molar-refractivity contribution < 1.29 is 9.84 Å². The highest BCUT2D eigenvalue weighted by Gasteiger charge is 2.38. The van der Waals surface area contributed by atoms with Gasteiger partial charge in [-0.05, 0) is 73.3 Å². The van der Waals surface area contributed by atoms with Crippen LogP contribution in [-0.4, -0.2) is 29.7 Å². The summed E-state index contributed by atoms with van der Waals surface area (Å²) in [5.74, 6) is 1.63. The highest BCUT2D eigenvalue weighted by Crippen LogP contribution is 2.45. The van der Waals surface area contributed by atoms with Gasteiger partial charge in [0.1, 0.15) is 11.5 Å². The zero-order valence-corrected chi connectivity index (χ0v) is 13.7. The summed E-state index contributed by atoms with van der Waals surface area (Å²) in [6.45, 7) is 3.69. The number of ether oxygens (including phenoxy) is 1. The SMILES string of the molecule is CCOc1ccc2c(c1)[C@@H]1c3cc(O)ccc3CC[C@H]1N(C)C2. The molecule has 1 aliphatic carbocycles. The summed E-state index contributed by atoms with van der Waals surface area (Å²) in [5.41, 5.74) is 5.38. The summed E-state index contributed by atoms with van der Waals surface area (Å²) in [5, 5.41) is 9.99. The van der Waals surface area contributed by atoms with Gasteiger partial charge in [0.05, 0.1) is 6.61 Å². The zero-order chi connectivity index (χ0) is 16.0. The van der Waals surface area contributed by atoms with Crippen molar-refractivity contribution in [2.24, 2.45) is 0 Å². The van der Waals surface area contributed by atoms with Crippen LogP contribution in [-0.2, 0) is 13.0 Å². The van der Waals surface area contributed by atoms with E-state index >= 15 is 0 Å². The molecule has 0 aromatic heterocycles. The minimum Gasteiger partial charge on any atom is -0.508 e. The number of likely N-dealkylation sites (N-methyl/N-ethyl adjacent to an activating group) is 1. The molecule has 0 radical (unpaired) electrons. The molecule has 0 spiro atoms. The maximum absolute atomic E-state index is 9.99. The van der Waals surface area contributed by atoms with Crippen molar-refractivity contribution in [3.05, 3.63) is 58.7 Å². The Bertz CT molecular complexity index is 740. The fourth-order valence-electron chi connectivity index (χ4n) is 4.28. The van der Waals surface area contributed by atoms with E-state index in [0.29, 0.717) is 24.3 Å². The lowest BCUT2D eigenvalue weighted by molar-refractivity contribution is 0.178. The first kappa shape index (κ1) is 14.6. The molecule has 0 unspecified atom stereocenters. The Morgan fingerprint density at radius 1 is 1.13 bits per heavy atom. The van der Waals surface area contributed by atoms with Gasteiger partial charge in [-0.25, -0.2) is 0 Å². The van der Waals surface area contributed by atoms with Crippen LogP contribution in [0.5, 0.6) is 11.5 Å². The van der Waals surface area contributed by atoms with E-state index in [1.54, 1.807) is 0 Å². The number of nitrogens with zero attached hydrogens (tertiary/aromatic N) is 1. The summed E-state index contributed by atoms with van der Waals surface area (Å²) in [7, 11) is 2.21. The topological polar surface area (TPSA) is 32.7 Å².